The number of aromatic nitrogens is 1. The molecule has 2 unspecified atom stereocenters. The summed E-state index contributed by atoms with van der Waals surface area (Å²) in [6, 6.07) is 3.51. The Morgan fingerprint density at radius 2 is 2.47 bits per heavy atom. The molecule has 102 valence electrons. The van der Waals surface area contributed by atoms with Crippen LogP contribution in [0.4, 0.5) is 0 Å². The summed E-state index contributed by atoms with van der Waals surface area (Å²) >= 11 is 0. The lowest BCUT2D eigenvalue weighted by Gasteiger charge is -2.30. The molecule has 1 aliphatic rings. The van der Waals surface area contributed by atoms with Crippen molar-refractivity contribution in [2.24, 2.45) is 0 Å². The fourth-order valence-electron chi connectivity index (χ4n) is 2.40. The standard InChI is InChI=1S/C13H16N2O4/c1-2-19-12(18)13(8-16)10(6-11(17)15-13)9-4-3-5-14-7-9/h3-5,7,10,16H,2,6,8H2,1H3,(H,15,17). The summed E-state index contributed by atoms with van der Waals surface area (Å²) in [6.45, 7) is 1.37. The van der Waals surface area contributed by atoms with Gasteiger partial charge in [0.15, 0.2) is 5.54 Å². The van der Waals surface area contributed by atoms with E-state index in [0.717, 1.165) is 5.56 Å². The van der Waals surface area contributed by atoms with Crippen molar-refractivity contribution in [2.45, 2.75) is 24.8 Å². The van der Waals surface area contributed by atoms with Gasteiger partial charge in [0.1, 0.15) is 0 Å². The quantitative estimate of drug-likeness (QED) is 0.746. The van der Waals surface area contributed by atoms with E-state index in [-0.39, 0.29) is 18.9 Å². The molecule has 1 aromatic rings. The molecule has 1 saturated heterocycles. The van der Waals surface area contributed by atoms with E-state index < -0.39 is 24.0 Å². The van der Waals surface area contributed by atoms with Gasteiger partial charge in [-0.05, 0) is 18.6 Å². The molecule has 0 aromatic carbocycles. The number of nitrogens with zero attached hydrogens (tertiary/aromatic N) is 1. The topological polar surface area (TPSA) is 88.5 Å². The monoisotopic (exact) mass is 264 g/mol. The minimum Gasteiger partial charge on any atom is -0.464 e. The van der Waals surface area contributed by atoms with Gasteiger partial charge in [0.25, 0.3) is 0 Å². The molecule has 6 heteroatoms. The van der Waals surface area contributed by atoms with Gasteiger partial charge in [0.05, 0.1) is 13.2 Å². The van der Waals surface area contributed by atoms with E-state index in [9.17, 15) is 14.7 Å². The molecule has 1 amide bonds. The minimum absolute atomic E-state index is 0.130. The maximum atomic E-state index is 12.1. The van der Waals surface area contributed by atoms with Crippen LogP contribution in [0.2, 0.25) is 0 Å². The SMILES string of the molecule is CCOC(=O)C1(CO)NC(=O)CC1c1cccnc1. The van der Waals surface area contributed by atoms with Crippen molar-refractivity contribution in [1.29, 1.82) is 0 Å². The van der Waals surface area contributed by atoms with Gasteiger partial charge in [0, 0.05) is 24.7 Å². The Labute approximate surface area is 110 Å². The number of rotatable bonds is 4. The number of aliphatic hydroxyl groups excluding tert-OH is 1. The van der Waals surface area contributed by atoms with E-state index in [2.05, 4.69) is 10.3 Å². The molecular formula is C13H16N2O4. The second kappa shape index (κ2) is 5.36. The zero-order chi connectivity index (χ0) is 13.9. The fourth-order valence-corrected chi connectivity index (χ4v) is 2.40. The van der Waals surface area contributed by atoms with Crippen LogP contribution in [0, 0.1) is 0 Å². The summed E-state index contributed by atoms with van der Waals surface area (Å²) < 4.78 is 4.99. The van der Waals surface area contributed by atoms with Crippen LogP contribution in [-0.4, -0.2) is 40.7 Å². The average molecular weight is 264 g/mol. The first-order valence-corrected chi connectivity index (χ1v) is 6.13. The van der Waals surface area contributed by atoms with Crippen molar-refractivity contribution in [3.05, 3.63) is 30.1 Å². The number of carbonyl (C=O) groups is 2. The number of hydrogen-bond donors (Lipinski definition) is 2. The molecule has 0 radical (unpaired) electrons. The number of amides is 1. The molecule has 19 heavy (non-hydrogen) atoms. The maximum absolute atomic E-state index is 12.1. The first-order chi connectivity index (χ1) is 9.14. The Bertz CT molecular complexity index is 477. The Morgan fingerprint density at radius 3 is 3.05 bits per heavy atom. The molecule has 2 heterocycles. The largest absolute Gasteiger partial charge is 0.464 e. The summed E-state index contributed by atoms with van der Waals surface area (Å²) in [5.74, 6) is -1.37. The predicted octanol–water partition coefficient (Wildman–Crippen LogP) is -0.0207. The molecule has 0 saturated carbocycles. The molecule has 6 nitrogen and oxygen atoms in total. The lowest BCUT2D eigenvalue weighted by molar-refractivity contribution is -0.154. The average Bonchev–Trinajstić information content (AvgIpc) is 2.78. The number of carbonyl (C=O) groups excluding carboxylic acids is 2. The summed E-state index contributed by atoms with van der Waals surface area (Å²) in [7, 11) is 0. The van der Waals surface area contributed by atoms with Gasteiger partial charge in [0.2, 0.25) is 5.91 Å². The van der Waals surface area contributed by atoms with Crippen molar-refractivity contribution in [3.8, 4) is 0 Å². The summed E-state index contributed by atoms with van der Waals surface area (Å²) in [6.07, 6.45) is 3.33. The van der Waals surface area contributed by atoms with Gasteiger partial charge >= 0.3 is 5.97 Å². The fraction of sp³-hybridized carbons (Fsp3) is 0.462. The van der Waals surface area contributed by atoms with Crippen LogP contribution >= 0.6 is 0 Å². The van der Waals surface area contributed by atoms with Gasteiger partial charge in [-0.25, -0.2) is 4.79 Å². The lowest BCUT2D eigenvalue weighted by atomic mass is 9.81. The Hall–Kier alpha value is -1.95. The maximum Gasteiger partial charge on any atom is 0.334 e. The van der Waals surface area contributed by atoms with E-state index in [1.165, 1.54) is 0 Å². The highest BCUT2D eigenvalue weighted by atomic mass is 16.5. The van der Waals surface area contributed by atoms with Crippen LogP contribution in [0.3, 0.4) is 0 Å². The van der Waals surface area contributed by atoms with E-state index in [1.807, 2.05) is 0 Å². The van der Waals surface area contributed by atoms with Gasteiger partial charge < -0.3 is 15.2 Å². The van der Waals surface area contributed by atoms with Gasteiger partial charge in [-0.3, -0.25) is 9.78 Å². The number of ether oxygens (including phenoxy) is 1. The van der Waals surface area contributed by atoms with E-state index in [1.54, 1.807) is 31.5 Å². The van der Waals surface area contributed by atoms with E-state index in [0.29, 0.717) is 0 Å². The van der Waals surface area contributed by atoms with Gasteiger partial charge in [-0.1, -0.05) is 6.07 Å². The van der Waals surface area contributed by atoms with Crippen LogP contribution in [0.5, 0.6) is 0 Å². The van der Waals surface area contributed by atoms with Gasteiger partial charge in [-0.2, -0.15) is 0 Å². The van der Waals surface area contributed by atoms with Crippen LogP contribution in [-0.2, 0) is 14.3 Å². The molecular weight excluding hydrogens is 248 g/mol. The normalized spacial score (nSPS) is 26.0. The van der Waals surface area contributed by atoms with Crippen LogP contribution in [0.25, 0.3) is 0 Å². The van der Waals surface area contributed by atoms with E-state index in [4.69, 9.17) is 4.74 Å². The lowest BCUT2D eigenvalue weighted by Crippen LogP contribution is -2.56. The predicted molar refractivity (Wildman–Crippen MR) is 66.2 cm³/mol. The summed E-state index contributed by atoms with van der Waals surface area (Å²) in [5, 5.41) is 12.2. The summed E-state index contributed by atoms with van der Waals surface area (Å²) in [5.41, 5.74) is -0.682. The Balaban J connectivity index is 2.39. The highest BCUT2D eigenvalue weighted by molar-refractivity contribution is 5.94. The van der Waals surface area contributed by atoms with Crippen LogP contribution in [0.15, 0.2) is 24.5 Å². The third-order valence-electron chi connectivity index (χ3n) is 3.32. The molecule has 0 aliphatic carbocycles. The molecule has 2 rings (SSSR count). The zero-order valence-corrected chi connectivity index (χ0v) is 10.6. The first-order valence-electron chi connectivity index (χ1n) is 6.13. The highest BCUT2D eigenvalue weighted by Gasteiger charge is 2.54. The molecule has 2 atom stereocenters. The molecule has 1 fully saturated rings. The number of aliphatic hydroxyl groups is 1. The molecule has 1 aliphatic heterocycles. The Morgan fingerprint density at radius 1 is 1.68 bits per heavy atom. The van der Waals surface area contributed by atoms with Crippen molar-refractivity contribution >= 4 is 11.9 Å². The number of nitrogens with one attached hydrogen (secondary N) is 1. The molecule has 0 bridgehead atoms. The number of esters is 1. The molecule has 2 N–H and O–H groups in total. The minimum atomic E-state index is -1.41. The third-order valence-corrected chi connectivity index (χ3v) is 3.32. The van der Waals surface area contributed by atoms with E-state index >= 15 is 0 Å². The van der Waals surface area contributed by atoms with Crippen LogP contribution in [0.1, 0.15) is 24.8 Å². The van der Waals surface area contributed by atoms with Gasteiger partial charge in [-0.15, -0.1) is 0 Å². The van der Waals surface area contributed by atoms with Crippen molar-refractivity contribution in [2.75, 3.05) is 13.2 Å². The molecule has 1 aromatic heterocycles. The first kappa shape index (κ1) is 13.5. The smallest absolute Gasteiger partial charge is 0.334 e. The van der Waals surface area contributed by atoms with Crippen molar-refractivity contribution in [1.82, 2.24) is 10.3 Å². The second-order valence-corrected chi connectivity index (χ2v) is 4.44. The Kier molecular flexibility index (Phi) is 3.80. The van der Waals surface area contributed by atoms with Crippen molar-refractivity contribution < 1.29 is 19.4 Å². The highest BCUT2D eigenvalue weighted by Crippen LogP contribution is 2.37. The number of hydrogen-bond acceptors (Lipinski definition) is 5. The second-order valence-electron chi connectivity index (χ2n) is 4.44. The van der Waals surface area contributed by atoms with Crippen LogP contribution < -0.4 is 5.32 Å². The zero-order valence-electron chi connectivity index (χ0n) is 10.6. The molecule has 0 spiro atoms. The summed E-state index contributed by atoms with van der Waals surface area (Å²) in [4.78, 5) is 27.8. The third kappa shape index (κ3) is 2.31. The number of pyridine rings is 1. The van der Waals surface area contributed by atoms with Crippen molar-refractivity contribution in [3.63, 3.8) is 0 Å².